The van der Waals surface area contributed by atoms with Crippen molar-refractivity contribution in [2.75, 3.05) is 0 Å². The smallest absolute Gasteiger partial charge is 0.160 e. The van der Waals surface area contributed by atoms with Gasteiger partial charge in [-0.15, -0.1) is 50.5 Å². The van der Waals surface area contributed by atoms with Crippen molar-refractivity contribution in [3.8, 4) is 45.6 Å². The summed E-state index contributed by atoms with van der Waals surface area (Å²) in [4.78, 5) is 40.3. The maximum Gasteiger partial charge on any atom is 0.160 e. The van der Waals surface area contributed by atoms with E-state index in [-0.39, 0.29) is 0 Å². The van der Waals surface area contributed by atoms with Crippen molar-refractivity contribution in [2.45, 2.75) is 351 Å². The Morgan fingerprint density at radius 2 is 0.359 bits per heavy atom. The highest BCUT2D eigenvalue weighted by Crippen LogP contribution is 2.31. The first-order valence-electron chi connectivity index (χ1n) is 41.0. The molecular weight excluding hydrogens is 1330 g/mol. The van der Waals surface area contributed by atoms with Gasteiger partial charge in [-0.2, -0.15) is 0 Å². The quantitative estimate of drug-likeness (QED) is 0.0221. The van der Waals surface area contributed by atoms with Gasteiger partial charge in [0.2, 0.25) is 0 Å². The SMILES string of the molecule is CCCCCCCCc1ccc(-c2ncc(CCC)cn2)c(S)c1.CCCCCCCCc1ccc(-c2ncc(CCCC)cn2)c(S)c1.CCCCCCCCc1ccc(-c2ncc(CCCCC)cn2)c(S)c1.CCCCCCCCc1ccc(-c2ncc(CCCCCCC)cn2)c(S)c1. The minimum absolute atomic E-state index is 0.769. The van der Waals surface area contributed by atoms with E-state index in [0.29, 0.717) is 0 Å². The molecule has 0 N–H and O–H groups in total. The van der Waals surface area contributed by atoms with Gasteiger partial charge < -0.3 is 0 Å². The fourth-order valence-electron chi connectivity index (χ4n) is 12.8. The summed E-state index contributed by atoms with van der Waals surface area (Å²) in [5, 5.41) is 0. The number of aromatic nitrogens is 8. The number of aryl methyl sites for hydroxylation is 8. The van der Waals surface area contributed by atoms with Crippen molar-refractivity contribution >= 4 is 50.5 Å². The molecule has 0 saturated carbocycles. The van der Waals surface area contributed by atoms with Crippen molar-refractivity contribution in [3.05, 3.63) is 167 Å². The predicted octanol–water partition coefficient (Wildman–Crippen LogP) is 27.9. The Kier molecular flexibility index (Phi) is 47.9. The van der Waals surface area contributed by atoms with E-state index in [4.69, 9.17) is 12.6 Å². The van der Waals surface area contributed by atoms with E-state index < -0.39 is 0 Å². The average molecular weight is 1470 g/mol. The fraction of sp³-hybridized carbons (Fsp3) is 0.560. The summed E-state index contributed by atoms with van der Waals surface area (Å²) in [5.74, 6) is 3.11. The lowest BCUT2D eigenvalue weighted by Crippen LogP contribution is -1.95. The monoisotopic (exact) mass is 1470 g/mol. The Hall–Kier alpha value is -5.40. The van der Waals surface area contributed by atoms with Crippen LogP contribution < -0.4 is 0 Å². The van der Waals surface area contributed by atoms with Gasteiger partial charge in [0.25, 0.3) is 0 Å². The summed E-state index contributed by atoms with van der Waals surface area (Å²) in [7, 11) is 0. The van der Waals surface area contributed by atoms with Crippen molar-refractivity contribution in [1.82, 2.24) is 39.9 Å². The van der Waals surface area contributed by atoms with Crippen LogP contribution in [0.3, 0.4) is 0 Å². The first-order valence-corrected chi connectivity index (χ1v) is 42.8. The van der Waals surface area contributed by atoms with Crippen molar-refractivity contribution in [3.63, 3.8) is 0 Å². The minimum Gasteiger partial charge on any atom is -0.236 e. The Morgan fingerprint density at radius 1 is 0.184 bits per heavy atom. The third kappa shape index (κ3) is 36.6. The number of benzene rings is 4. The molecule has 0 amide bonds. The lowest BCUT2D eigenvalue weighted by molar-refractivity contribution is 0.607. The van der Waals surface area contributed by atoms with E-state index in [0.717, 1.165) is 123 Å². The molecule has 4 heterocycles. The van der Waals surface area contributed by atoms with Crippen LogP contribution in [0.4, 0.5) is 0 Å². The van der Waals surface area contributed by atoms with Gasteiger partial charge in [0.05, 0.1) is 0 Å². The molecule has 0 atom stereocenters. The van der Waals surface area contributed by atoms with Gasteiger partial charge >= 0.3 is 0 Å². The zero-order valence-corrected chi connectivity index (χ0v) is 68.9. The Morgan fingerprint density at radius 3 is 0.573 bits per heavy atom. The van der Waals surface area contributed by atoms with Gasteiger partial charge in [-0.3, -0.25) is 0 Å². The van der Waals surface area contributed by atoms with Crippen LogP contribution >= 0.6 is 50.5 Å². The maximum absolute atomic E-state index is 4.70. The van der Waals surface area contributed by atoms with Crippen molar-refractivity contribution in [2.24, 2.45) is 0 Å². The summed E-state index contributed by atoms with van der Waals surface area (Å²) in [6, 6.07) is 26.0. The van der Waals surface area contributed by atoms with E-state index in [1.165, 1.54) is 263 Å². The molecule has 0 aliphatic heterocycles. The first kappa shape index (κ1) is 88.2. The largest absolute Gasteiger partial charge is 0.236 e. The van der Waals surface area contributed by atoms with E-state index in [1.54, 1.807) is 0 Å². The van der Waals surface area contributed by atoms with Crippen molar-refractivity contribution < 1.29 is 0 Å². The normalized spacial score (nSPS) is 11.0. The van der Waals surface area contributed by atoms with Crippen molar-refractivity contribution in [1.29, 1.82) is 0 Å². The van der Waals surface area contributed by atoms with Gasteiger partial charge in [0.1, 0.15) is 0 Å². The molecule has 0 spiro atoms. The van der Waals surface area contributed by atoms with Gasteiger partial charge in [-0.1, -0.05) is 259 Å². The van der Waals surface area contributed by atoms with Crippen LogP contribution in [0.2, 0.25) is 0 Å². The molecule has 4 aromatic heterocycles. The van der Waals surface area contributed by atoms with Crippen LogP contribution in [0.25, 0.3) is 45.6 Å². The van der Waals surface area contributed by atoms with Gasteiger partial charge in [0.15, 0.2) is 23.3 Å². The van der Waals surface area contributed by atoms with E-state index in [1.807, 2.05) is 49.6 Å². The van der Waals surface area contributed by atoms with E-state index in [2.05, 4.69) is 206 Å². The first-order chi connectivity index (χ1) is 50.5. The highest BCUT2D eigenvalue weighted by atomic mass is 32.1. The van der Waals surface area contributed by atoms with Crippen LogP contribution in [0.1, 0.15) is 325 Å². The second-order valence-electron chi connectivity index (χ2n) is 28.6. The molecule has 0 bridgehead atoms. The topological polar surface area (TPSA) is 103 Å². The van der Waals surface area contributed by atoms with E-state index in [9.17, 15) is 0 Å². The van der Waals surface area contributed by atoms with Gasteiger partial charge in [0, 0.05) is 91.4 Å². The summed E-state index contributed by atoms with van der Waals surface area (Å²) >= 11 is 18.7. The highest BCUT2D eigenvalue weighted by Gasteiger charge is 2.13. The van der Waals surface area contributed by atoms with Crippen LogP contribution in [-0.2, 0) is 51.4 Å². The molecule has 0 aliphatic rings. The number of hydrogen-bond donors (Lipinski definition) is 4. The number of unbranched alkanes of at least 4 members (excludes halogenated alkanes) is 27. The molecule has 12 heteroatoms. The molecule has 562 valence electrons. The molecule has 0 unspecified atom stereocenters. The number of nitrogens with zero attached hydrogens (tertiary/aromatic N) is 8. The van der Waals surface area contributed by atoms with E-state index >= 15 is 0 Å². The lowest BCUT2D eigenvalue weighted by Gasteiger charge is -2.08. The fourth-order valence-corrected chi connectivity index (χ4v) is 14.2. The number of rotatable bonds is 47. The maximum atomic E-state index is 4.70. The molecule has 0 fully saturated rings. The predicted molar refractivity (Wildman–Crippen MR) is 455 cm³/mol. The van der Waals surface area contributed by atoms with Crippen LogP contribution in [0.5, 0.6) is 0 Å². The Labute approximate surface area is 649 Å². The third-order valence-electron chi connectivity index (χ3n) is 19.3. The van der Waals surface area contributed by atoms with Crippen LogP contribution in [0, 0.1) is 0 Å². The number of hydrogen-bond acceptors (Lipinski definition) is 12. The third-order valence-corrected chi connectivity index (χ3v) is 20.8. The summed E-state index contributed by atoms with van der Waals surface area (Å²) in [6.07, 6.45) is 70.2. The summed E-state index contributed by atoms with van der Waals surface area (Å²) in [5.41, 5.74) is 14.4. The molecular formula is C91H134N8S4. The molecule has 4 aromatic carbocycles. The highest BCUT2D eigenvalue weighted by molar-refractivity contribution is 7.81. The molecule has 8 rings (SSSR count). The summed E-state index contributed by atoms with van der Waals surface area (Å²) < 4.78 is 0. The van der Waals surface area contributed by atoms with Crippen LogP contribution in [-0.4, -0.2) is 39.9 Å². The standard InChI is InChI=1S/C25H38N2S.C23H34N2S.C22H32N2S.C21H30N2S/c1-3-5-7-9-11-12-14-21-16-17-23(24(28)18-21)25-26-19-22(20-27-25)15-13-10-8-6-4-2;1-3-5-7-8-9-11-12-19-14-15-21(22(26)16-19)23-24-17-20(18-25-23)13-10-6-4-2;1-3-5-7-8-9-10-12-18-13-14-20(21(25)15-18)22-23-16-19(17-24-22)11-6-4-2;1-3-5-6-7-8-9-11-17-12-13-19(20(24)14-17)21-22-15-18(10-4-2)16-23-21/h16-20,28H,3-15H2,1-2H3;14-18,26H,3-13H2,1-2H3;13-17,25H,3-12H2,1-2H3;12-16,24H,3-11H2,1-2H3. The second kappa shape index (κ2) is 56.0. The molecule has 0 saturated heterocycles. The Balaban J connectivity index is 0.000000247. The number of thiol groups is 4. The van der Waals surface area contributed by atoms with Gasteiger partial charge in [-0.05, 0) is 189 Å². The zero-order chi connectivity index (χ0) is 73.8. The van der Waals surface area contributed by atoms with Crippen LogP contribution in [0.15, 0.2) is 142 Å². The zero-order valence-electron chi connectivity index (χ0n) is 65.3. The van der Waals surface area contributed by atoms with Gasteiger partial charge in [-0.25, -0.2) is 39.9 Å². The Bertz CT molecular complexity index is 3450. The molecule has 0 radical (unpaired) electrons. The minimum atomic E-state index is 0.769. The lowest BCUT2D eigenvalue weighted by atomic mass is 10.0. The molecule has 0 aliphatic carbocycles. The summed E-state index contributed by atoms with van der Waals surface area (Å²) in [6.45, 7) is 17.9. The average Bonchev–Trinajstić information content (AvgIpc) is 0.859. The second-order valence-corrected chi connectivity index (χ2v) is 30.5. The molecule has 103 heavy (non-hydrogen) atoms. The molecule has 8 nitrogen and oxygen atoms in total. The molecule has 8 aromatic rings.